The lowest BCUT2D eigenvalue weighted by atomic mass is 10.1. The predicted octanol–water partition coefficient (Wildman–Crippen LogP) is 4.88. The summed E-state index contributed by atoms with van der Waals surface area (Å²) in [7, 11) is 0. The summed E-state index contributed by atoms with van der Waals surface area (Å²) >= 11 is 3.41. The van der Waals surface area contributed by atoms with E-state index in [0.29, 0.717) is 5.76 Å². The minimum absolute atomic E-state index is 0.185. The number of furan rings is 1. The van der Waals surface area contributed by atoms with Gasteiger partial charge in [0.2, 0.25) is 5.91 Å². The van der Waals surface area contributed by atoms with Crippen LogP contribution in [0.3, 0.4) is 0 Å². The third-order valence-electron chi connectivity index (χ3n) is 4.16. The van der Waals surface area contributed by atoms with E-state index in [4.69, 9.17) is 4.42 Å². The van der Waals surface area contributed by atoms with Crippen LogP contribution >= 0.6 is 15.9 Å². The van der Waals surface area contributed by atoms with Gasteiger partial charge in [-0.05, 0) is 35.9 Å². The van der Waals surface area contributed by atoms with E-state index < -0.39 is 0 Å². The van der Waals surface area contributed by atoms with Gasteiger partial charge in [0.05, 0.1) is 12.6 Å². The largest absolute Gasteiger partial charge is 0.455 e. The van der Waals surface area contributed by atoms with Gasteiger partial charge in [-0.2, -0.15) is 5.10 Å². The number of nitrogens with one attached hydrogen (secondary N) is 2. The van der Waals surface area contributed by atoms with E-state index in [0.717, 1.165) is 32.3 Å². The molecular formula is C21H16BrN3O2. The van der Waals surface area contributed by atoms with Crippen LogP contribution in [0.5, 0.6) is 0 Å². The fourth-order valence-corrected chi connectivity index (χ4v) is 3.11. The number of carbonyl (C=O) groups is 1. The number of carbonyl (C=O) groups excluding carboxylic acids is 1. The Labute approximate surface area is 164 Å². The highest BCUT2D eigenvalue weighted by molar-refractivity contribution is 9.10. The molecule has 134 valence electrons. The Kier molecular flexibility index (Phi) is 4.89. The second kappa shape index (κ2) is 7.63. The lowest BCUT2D eigenvalue weighted by Crippen LogP contribution is -2.19. The molecule has 6 heteroatoms. The summed E-state index contributed by atoms with van der Waals surface area (Å²) < 4.78 is 6.75. The Morgan fingerprint density at radius 3 is 2.78 bits per heavy atom. The summed E-state index contributed by atoms with van der Waals surface area (Å²) in [4.78, 5) is 15.3. The molecule has 0 saturated carbocycles. The Balaban J connectivity index is 1.37. The first-order valence-electron chi connectivity index (χ1n) is 8.42. The second-order valence-corrected chi connectivity index (χ2v) is 6.95. The topological polar surface area (TPSA) is 70.4 Å². The molecule has 0 atom stereocenters. The van der Waals surface area contributed by atoms with Crippen LogP contribution in [0.25, 0.3) is 22.2 Å². The number of hydrogen-bond donors (Lipinski definition) is 2. The van der Waals surface area contributed by atoms with E-state index in [-0.39, 0.29) is 12.3 Å². The Bertz CT molecular complexity index is 1110. The van der Waals surface area contributed by atoms with Crippen molar-refractivity contribution in [2.24, 2.45) is 5.10 Å². The molecule has 2 aromatic carbocycles. The van der Waals surface area contributed by atoms with Crippen molar-refractivity contribution in [3.8, 4) is 11.3 Å². The summed E-state index contributed by atoms with van der Waals surface area (Å²) in [6, 6.07) is 19.4. The van der Waals surface area contributed by atoms with E-state index in [1.54, 1.807) is 0 Å². The lowest BCUT2D eigenvalue weighted by Gasteiger charge is -1.99. The van der Waals surface area contributed by atoms with Gasteiger partial charge in [0.15, 0.2) is 0 Å². The number of nitrogens with zero attached hydrogens (tertiary/aromatic N) is 1. The molecule has 2 N–H and O–H groups in total. The highest BCUT2D eigenvalue weighted by Gasteiger charge is 2.08. The highest BCUT2D eigenvalue weighted by atomic mass is 79.9. The summed E-state index contributed by atoms with van der Waals surface area (Å²) in [5.74, 6) is 1.13. The van der Waals surface area contributed by atoms with Crippen LogP contribution < -0.4 is 5.43 Å². The van der Waals surface area contributed by atoms with Crippen molar-refractivity contribution in [3.63, 3.8) is 0 Å². The van der Waals surface area contributed by atoms with Crippen LogP contribution in [0.2, 0.25) is 0 Å². The molecule has 4 aromatic rings. The van der Waals surface area contributed by atoms with Crippen molar-refractivity contribution in [3.05, 3.63) is 82.7 Å². The minimum atomic E-state index is -0.185. The van der Waals surface area contributed by atoms with Crippen molar-refractivity contribution >= 4 is 39.0 Å². The quantitative estimate of drug-likeness (QED) is 0.355. The number of benzene rings is 2. The van der Waals surface area contributed by atoms with Crippen LogP contribution in [-0.2, 0) is 11.2 Å². The number of aromatic amines is 1. The van der Waals surface area contributed by atoms with Gasteiger partial charge >= 0.3 is 0 Å². The van der Waals surface area contributed by atoms with Gasteiger partial charge < -0.3 is 9.40 Å². The maximum atomic E-state index is 12.1. The number of amides is 1. The van der Waals surface area contributed by atoms with Gasteiger partial charge in [-0.15, -0.1) is 0 Å². The number of halogens is 1. The zero-order valence-electron chi connectivity index (χ0n) is 14.3. The van der Waals surface area contributed by atoms with Crippen LogP contribution in [0.4, 0.5) is 0 Å². The molecule has 5 nitrogen and oxygen atoms in total. The van der Waals surface area contributed by atoms with Crippen LogP contribution in [0.1, 0.15) is 11.3 Å². The van der Waals surface area contributed by atoms with Crippen molar-refractivity contribution in [1.29, 1.82) is 0 Å². The van der Waals surface area contributed by atoms with Gasteiger partial charge in [-0.3, -0.25) is 4.79 Å². The Morgan fingerprint density at radius 1 is 1.11 bits per heavy atom. The Morgan fingerprint density at radius 2 is 1.93 bits per heavy atom. The molecule has 2 aromatic heterocycles. The monoisotopic (exact) mass is 421 g/mol. The molecule has 0 fully saturated rings. The summed E-state index contributed by atoms with van der Waals surface area (Å²) in [6.45, 7) is 0. The van der Waals surface area contributed by atoms with E-state index in [1.165, 1.54) is 6.21 Å². The van der Waals surface area contributed by atoms with Gasteiger partial charge in [0, 0.05) is 27.1 Å². The third-order valence-corrected chi connectivity index (χ3v) is 4.69. The molecule has 0 unspecified atom stereocenters. The van der Waals surface area contributed by atoms with Crippen LogP contribution in [-0.4, -0.2) is 17.1 Å². The highest BCUT2D eigenvalue weighted by Crippen LogP contribution is 2.23. The number of hydrogen-bond acceptors (Lipinski definition) is 3. The molecule has 2 heterocycles. The van der Waals surface area contributed by atoms with Crippen LogP contribution in [0.15, 0.2) is 80.9 Å². The van der Waals surface area contributed by atoms with E-state index in [1.807, 2.05) is 66.9 Å². The molecule has 4 rings (SSSR count). The zero-order chi connectivity index (χ0) is 18.6. The number of fused-ring (bicyclic) bond motifs is 1. The number of H-pyrrole nitrogens is 1. The Hall–Kier alpha value is -3.12. The third kappa shape index (κ3) is 4.01. The van der Waals surface area contributed by atoms with E-state index in [9.17, 15) is 4.79 Å². The van der Waals surface area contributed by atoms with Crippen LogP contribution in [0, 0.1) is 0 Å². The predicted molar refractivity (Wildman–Crippen MR) is 110 cm³/mol. The van der Waals surface area contributed by atoms with Gasteiger partial charge in [-0.25, -0.2) is 5.43 Å². The molecule has 0 radical (unpaired) electrons. The molecule has 0 saturated heterocycles. The molecule has 27 heavy (non-hydrogen) atoms. The van der Waals surface area contributed by atoms with Crippen molar-refractivity contribution < 1.29 is 9.21 Å². The molecule has 0 aliphatic heterocycles. The van der Waals surface area contributed by atoms with Gasteiger partial charge in [0.1, 0.15) is 11.5 Å². The summed E-state index contributed by atoms with van der Waals surface area (Å²) in [5, 5.41) is 5.03. The molecule has 0 spiro atoms. The lowest BCUT2D eigenvalue weighted by molar-refractivity contribution is -0.120. The van der Waals surface area contributed by atoms with Gasteiger partial charge in [0.25, 0.3) is 0 Å². The second-order valence-electron chi connectivity index (χ2n) is 6.04. The molecule has 1 amide bonds. The molecule has 0 aliphatic rings. The normalized spacial score (nSPS) is 11.3. The van der Waals surface area contributed by atoms with Gasteiger partial charge in [-0.1, -0.05) is 46.3 Å². The average molecular weight is 422 g/mol. The number of rotatable bonds is 5. The van der Waals surface area contributed by atoms with E-state index in [2.05, 4.69) is 31.4 Å². The first-order chi connectivity index (χ1) is 13.2. The fourth-order valence-electron chi connectivity index (χ4n) is 2.85. The SMILES string of the molecule is O=C(Cc1c[nH]c2ccccc12)NN=Cc1ccc(-c2ccc(Br)cc2)o1. The summed E-state index contributed by atoms with van der Waals surface area (Å²) in [6.07, 6.45) is 3.60. The van der Waals surface area contributed by atoms with Crippen molar-refractivity contribution in [2.75, 3.05) is 0 Å². The maximum Gasteiger partial charge on any atom is 0.244 e. The average Bonchev–Trinajstić information content (AvgIpc) is 3.30. The molecule has 0 bridgehead atoms. The smallest absolute Gasteiger partial charge is 0.244 e. The van der Waals surface area contributed by atoms with Crippen molar-refractivity contribution in [1.82, 2.24) is 10.4 Å². The van der Waals surface area contributed by atoms with Crippen molar-refractivity contribution in [2.45, 2.75) is 6.42 Å². The maximum absolute atomic E-state index is 12.1. The molecule has 0 aliphatic carbocycles. The first-order valence-corrected chi connectivity index (χ1v) is 9.21. The number of aromatic nitrogens is 1. The zero-order valence-corrected chi connectivity index (χ0v) is 15.9. The number of para-hydroxylation sites is 1. The number of hydrazone groups is 1. The molecular weight excluding hydrogens is 406 g/mol. The standard InChI is InChI=1S/C21H16BrN3O2/c22-16-7-5-14(6-8-16)20-10-9-17(27-20)13-24-25-21(26)11-15-12-23-19-4-2-1-3-18(15)19/h1-10,12-13,23H,11H2,(H,25,26). The minimum Gasteiger partial charge on any atom is -0.455 e. The first kappa shape index (κ1) is 17.3. The van der Waals surface area contributed by atoms with E-state index >= 15 is 0 Å². The fraction of sp³-hybridized carbons (Fsp3) is 0.0476. The summed E-state index contributed by atoms with van der Waals surface area (Å²) in [5.41, 5.74) is 5.47.